The van der Waals surface area contributed by atoms with Gasteiger partial charge in [0.25, 0.3) is 0 Å². The molecule has 0 heterocycles. The van der Waals surface area contributed by atoms with Gasteiger partial charge in [0.2, 0.25) is 0 Å². The van der Waals surface area contributed by atoms with Gasteiger partial charge in [-0.05, 0) is 40.2 Å². The molecule has 3 nitrogen and oxygen atoms in total. The van der Waals surface area contributed by atoms with Crippen LogP contribution in [-0.2, 0) is 4.74 Å². The van der Waals surface area contributed by atoms with Crippen molar-refractivity contribution < 1.29 is 4.74 Å². The molecule has 0 radical (unpaired) electrons. The standard InChI is InChI=1S/C18H32N2O/c1-15(2)20(12-13-21-6)17(14-19-18(3,4)5)16-10-8-7-9-11-16/h7-11,15,17,19H,12-14H2,1-6H3. The first-order chi connectivity index (χ1) is 9.85. The molecule has 0 aliphatic rings. The molecule has 0 aliphatic carbocycles. The van der Waals surface area contributed by atoms with Crippen molar-refractivity contribution in [3.05, 3.63) is 35.9 Å². The van der Waals surface area contributed by atoms with Gasteiger partial charge in [-0.2, -0.15) is 0 Å². The van der Waals surface area contributed by atoms with Gasteiger partial charge in [0.15, 0.2) is 0 Å². The molecule has 1 rings (SSSR count). The maximum Gasteiger partial charge on any atom is 0.0590 e. The van der Waals surface area contributed by atoms with E-state index in [4.69, 9.17) is 4.74 Å². The van der Waals surface area contributed by atoms with Crippen molar-refractivity contribution in [3.63, 3.8) is 0 Å². The second kappa shape index (κ2) is 8.52. The number of hydrogen-bond donors (Lipinski definition) is 1. The summed E-state index contributed by atoms with van der Waals surface area (Å²) in [6, 6.07) is 11.6. The maximum absolute atomic E-state index is 5.29. The Balaban J connectivity index is 2.93. The second-order valence-electron chi connectivity index (χ2n) is 6.88. The lowest BCUT2D eigenvalue weighted by molar-refractivity contribution is 0.0915. The lowest BCUT2D eigenvalue weighted by Gasteiger charge is -2.37. The van der Waals surface area contributed by atoms with Gasteiger partial charge in [-0.3, -0.25) is 4.90 Å². The minimum atomic E-state index is 0.122. The van der Waals surface area contributed by atoms with E-state index in [1.807, 2.05) is 0 Å². The summed E-state index contributed by atoms with van der Waals surface area (Å²) in [5, 5.41) is 3.65. The number of ether oxygens (including phenoxy) is 1. The molecule has 21 heavy (non-hydrogen) atoms. The van der Waals surface area contributed by atoms with Crippen molar-refractivity contribution in [3.8, 4) is 0 Å². The van der Waals surface area contributed by atoms with E-state index in [0.29, 0.717) is 12.1 Å². The van der Waals surface area contributed by atoms with Crippen molar-refractivity contribution in [2.24, 2.45) is 0 Å². The van der Waals surface area contributed by atoms with Gasteiger partial charge in [0.05, 0.1) is 6.61 Å². The summed E-state index contributed by atoms with van der Waals surface area (Å²) in [6.07, 6.45) is 0. The lowest BCUT2D eigenvalue weighted by atomic mass is 10.0. The topological polar surface area (TPSA) is 24.5 Å². The third kappa shape index (κ3) is 6.60. The van der Waals surface area contributed by atoms with E-state index in [0.717, 1.165) is 19.7 Å². The molecule has 1 aromatic carbocycles. The summed E-state index contributed by atoms with van der Waals surface area (Å²) in [7, 11) is 1.77. The number of nitrogens with one attached hydrogen (secondary N) is 1. The number of hydrogen-bond acceptors (Lipinski definition) is 3. The smallest absolute Gasteiger partial charge is 0.0590 e. The summed E-state index contributed by atoms with van der Waals surface area (Å²) < 4.78 is 5.29. The zero-order valence-corrected chi connectivity index (χ0v) is 14.5. The lowest BCUT2D eigenvalue weighted by Crippen LogP contribution is -2.46. The summed E-state index contributed by atoms with van der Waals surface area (Å²) >= 11 is 0. The van der Waals surface area contributed by atoms with Crippen molar-refractivity contribution in [1.29, 1.82) is 0 Å². The molecular formula is C18H32N2O. The summed E-state index contributed by atoms with van der Waals surface area (Å²) in [4.78, 5) is 2.51. The number of methoxy groups -OCH3 is 1. The highest BCUT2D eigenvalue weighted by Gasteiger charge is 2.24. The molecule has 0 fully saturated rings. The van der Waals surface area contributed by atoms with Crippen LogP contribution in [0.5, 0.6) is 0 Å². The van der Waals surface area contributed by atoms with E-state index in [1.54, 1.807) is 7.11 Å². The largest absolute Gasteiger partial charge is 0.383 e. The molecule has 0 spiro atoms. The molecule has 0 aromatic heterocycles. The fourth-order valence-corrected chi connectivity index (χ4v) is 2.48. The van der Waals surface area contributed by atoms with Crippen molar-refractivity contribution in [2.45, 2.75) is 52.2 Å². The average molecular weight is 292 g/mol. The molecule has 1 N–H and O–H groups in total. The Bertz CT molecular complexity index is 384. The van der Waals surface area contributed by atoms with E-state index < -0.39 is 0 Å². The van der Waals surface area contributed by atoms with Gasteiger partial charge < -0.3 is 10.1 Å². The molecule has 1 unspecified atom stereocenters. The molecule has 0 aliphatic heterocycles. The number of rotatable bonds is 8. The van der Waals surface area contributed by atoms with Gasteiger partial charge in [-0.15, -0.1) is 0 Å². The molecule has 0 saturated carbocycles. The SMILES string of the molecule is COCCN(C(C)C)C(CNC(C)(C)C)c1ccccc1. The van der Waals surface area contributed by atoms with Crippen LogP contribution in [0.1, 0.15) is 46.2 Å². The molecule has 1 atom stereocenters. The van der Waals surface area contributed by atoms with Crippen molar-refractivity contribution in [2.75, 3.05) is 26.8 Å². The quantitative estimate of drug-likeness (QED) is 0.794. The minimum absolute atomic E-state index is 0.122. The van der Waals surface area contributed by atoms with Crippen LogP contribution < -0.4 is 5.32 Å². The molecule has 0 bridgehead atoms. The zero-order chi connectivity index (χ0) is 15.9. The van der Waals surface area contributed by atoms with Crippen LogP contribution in [-0.4, -0.2) is 43.3 Å². The fraction of sp³-hybridized carbons (Fsp3) is 0.667. The van der Waals surface area contributed by atoms with Crippen LogP contribution >= 0.6 is 0 Å². The number of nitrogens with zero attached hydrogens (tertiary/aromatic N) is 1. The van der Waals surface area contributed by atoms with Gasteiger partial charge >= 0.3 is 0 Å². The molecule has 120 valence electrons. The number of benzene rings is 1. The summed E-state index contributed by atoms with van der Waals surface area (Å²) in [5.74, 6) is 0. The first-order valence-corrected chi connectivity index (χ1v) is 7.90. The Hall–Kier alpha value is -0.900. The van der Waals surface area contributed by atoms with Gasteiger partial charge in [-0.1, -0.05) is 30.3 Å². The first-order valence-electron chi connectivity index (χ1n) is 7.90. The van der Waals surface area contributed by atoms with Crippen LogP contribution in [0.3, 0.4) is 0 Å². The van der Waals surface area contributed by atoms with Crippen LogP contribution in [0.4, 0.5) is 0 Å². The third-order valence-corrected chi connectivity index (χ3v) is 3.63. The van der Waals surface area contributed by atoms with Crippen molar-refractivity contribution >= 4 is 0 Å². The average Bonchev–Trinajstić information content (AvgIpc) is 2.42. The Labute approximate surface area is 130 Å². The Morgan fingerprint density at radius 1 is 1.14 bits per heavy atom. The Morgan fingerprint density at radius 2 is 1.76 bits per heavy atom. The van der Waals surface area contributed by atoms with Gasteiger partial charge in [0, 0.05) is 37.8 Å². The van der Waals surface area contributed by atoms with E-state index >= 15 is 0 Å². The van der Waals surface area contributed by atoms with Crippen molar-refractivity contribution in [1.82, 2.24) is 10.2 Å². The second-order valence-corrected chi connectivity index (χ2v) is 6.88. The minimum Gasteiger partial charge on any atom is -0.383 e. The van der Waals surface area contributed by atoms with Gasteiger partial charge in [-0.25, -0.2) is 0 Å². The highest BCUT2D eigenvalue weighted by atomic mass is 16.5. The maximum atomic E-state index is 5.29. The predicted octanol–water partition coefficient (Wildman–Crippen LogP) is 3.47. The molecule has 1 aromatic rings. The van der Waals surface area contributed by atoms with E-state index in [2.05, 4.69) is 75.2 Å². The zero-order valence-electron chi connectivity index (χ0n) is 14.5. The van der Waals surface area contributed by atoms with Gasteiger partial charge in [0.1, 0.15) is 0 Å². The molecule has 0 amide bonds. The van der Waals surface area contributed by atoms with Crippen LogP contribution in [0.2, 0.25) is 0 Å². The summed E-state index contributed by atoms with van der Waals surface area (Å²) in [5.41, 5.74) is 1.48. The highest BCUT2D eigenvalue weighted by Crippen LogP contribution is 2.23. The Morgan fingerprint density at radius 3 is 2.24 bits per heavy atom. The third-order valence-electron chi connectivity index (χ3n) is 3.63. The molecule has 0 saturated heterocycles. The summed E-state index contributed by atoms with van der Waals surface area (Å²) in [6.45, 7) is 13.8. The van der Waals surface area contributed by atoms with E-state index in [-0.39, 0.29) is 5.54 Å². The van der Waals surface area contributed by atoms with E-state index in [9.17, 15) is 0 Å². The monoisotopic (exact) mass is 292 g/mol. The first kappa shape index (κ1) is 18.1. The van der Waals surface area contributed by atoms with E-state index in [1.165, 1.54) is 5.56 Å². The van der Waals surface area contributed by atoms with Crippen LogP contribution in [0.15, 0.2) is 30.3 Å². The normalized spacial score (nSPS) is 13.9. The van der Waals surface area contributed by atoms with Crippen LogP contribution in [0.25, 0.3) is 0 Å². The molecule has 3 heteroatoms. The molecular weight excluding hydrogens is 260 g/mol. The predicted molar refractivity (Wildman–Crippen MR) is 90.7 cm³/mol. The Kier molecular flexibility index (Phi) is 7.36. The highest BCUT2D eigenvalue weighted by molar-refractivity contribution is 5.20. The fourth-order valence-electron chi connectivity index (χ4n) is 2.48. The van der Waals surface area contributed by atoms with Crippen LogP contribution in [0, 0.1) is 0 Å².